The Morgan fingerprint density at radius 3 is 2.69 bits per heavy atom. The number of aromatic nitrogens is 1. The van der Waals surface area contributed by atoms with Crippen LogP contribution in [0.5, 0.6) is 0 Å². The highest BCUT2D eigenvalue weighted by Gasteiger charge is 2.16. The summed E-state index contributed by atoms with van der Waals surface area (Å²) >= 11 is 0. The third kappa shape index (κ3) is 4.92. The van der Waals surface area contributed by atoms with E-state index in [9.17, 15) is 14.9 Å². The second-order valence-electron chi connectivity index (χ2n) is 5.26. The van der Waals surface area contributed by atoms with Crippen LogP contribution < -0.4 is 10.6 Å². The van der Waals surface area contributed by atoms with E-state index in [4.69, 9.17) is 4.74 Å². The maximum Gasteiger partial charge on any atom is 0.340 e. The van der Waals surface area contributed by atoms with Crippen molar-refractivity contribution in [2.24, 2.45) is 0 Å². The van der Waals surface area contributed by atoms with Gasteiger partial charge >= 0.3 is 5.97 Å². The zero-order chi connectivity index (χ0) is 18.9. The summed E-state index contributed by atoms with van der Waals surface area (Å²) in [4.78, 5) is 28.4. The van der Waals surface area contributed by atoms with Gasteiger partial charge in [-0.05, 0) is 37.6 Å². The van der Waals surface area contributed by atoms with Crippen LogP contribution in [0.25, 0.3) is 0 Å². The van der Waals surface area contributed by atoms with Crippen LogP contribution in [0.3, 0.4) is 0 Å². The summed E-state index contributed by atoms with van der Waals surface area (Å²) in [7, 11) is 0. The number of amides is 1. The van der Waals surface area contributed by atoms with Crippen molar-refractivity contribution in [2.75, 3.05) is 17.2 Å². The predicted molar refractivity (Wildman–Crippen MR) is 97.3 cm³/mol. The van der Waals surface area contributed by atoms with E-state index in [2.05, 4.69) is 15.6 Å². The molecule has 0 aliphatic rings. The number of ether oxygens (including phenoxy) is 1. The number of pyridine rings is 1. The summed E-state index contributed by atoms with van der Waals surface area (Å²) in [6.45, 7) is 3.82. The summed E-state index contributed by atoms with van der Waals surface area (Å²) in [5, 5.41) is 14.6. The summed E-state index contributed by atoms with van der Waals surface area (Å²) in [5.41, 5.74) is 1.32. The van der Waals surface area contributed by atoms with Crippen molar-refractivity contribution in [1.82, 2.24) is 4.98 Å². The Hall–Kier alpha value is -3.66. The van der Waals surface area contributed by atoms with Gasteiger partial charge in [0.15, 0.2) is 0 Å². The molecule has 1 heterocycles. The molecule has 1 aromatic heterocycles. The Bertz CT molecular complexity index is 867. The number of nitriles is 1. The number of nitrogens with one attached hydrogen (secondary N) is 2. The van der Waals surface area contributed by atoms with Gasteiger partial charge in [-0.2, -0.15) is 5.26 Å². The number of para-hydroxylation sites is 1. The lowest BCUT2D eigenvalue weighted by Gasteiger charge is -2.10. The molecule has 0 unspecified atom stereocenters. The number of hydrogen-bond donors (Lipinski definition) is 2. The van der Waals surface area contributed by atoms with Gasteiger partial charge in [0.1, 0.15) is 17.5 Å². The third-order valence-corrected chi connectivity index (χ3v) is 3.31. The van der Waals surface area contributed by atoms with Crippen molar-refractivity contribution >= 4 is 23.4 Å². The second-order valence-corrected chi connectivity index (χ2v) is 5.26. The van der Waals surface area contributed by atoms with Crippen LogP contribution in [0.15, 0.2) is 54.4 Å². The van der Waals surface area contributed by atoms with Crippen LogP contribution in [0.4, 0.5) is 11.5 Å². The van der Waals surface area contributed by atoms with E-state index in [-0.39, 0.29) is 23.4 Å². The highest BCUT2D eigenvalue weighted by molar-refractivity contribution is 6.09. The maximum absolute atomic E-state index is 12.3. The fraction of sp³-hybridized carbons (Fsp3) is 0.158. The molecule has 2 N–H and O–H groups in total. The number of esters is 1. The van der Waals surface area contributed by atoms with E-state index in [1.54, 1.807) is 37.4 Å². The van der Waals surface area contributed by atoms with Crippen molar-refractivity contribution in [2.45, 2.75) is 13.8 Å². The second kappa shape index (κ2) is 8.99. The number of carbonyl (C=O) groups is 2. The Labute approximate surface area is 151 Å². The summed E-state index contributed by atoms with van der Waals surface area (Å²) < 4.78 is 4.96. The highest BCUT2D eigenvalue weighted by atomic mass is 16.5. The fourth-order valence-corrected chi connectivity index (χ4v) is 2.02. The Morgan fingerprint density at radius 2 is 2.04 bits per heavy atom. The molecule has 0 radical (unpaired) electrons. The van der Waals surface area contributed by atoms with E-state index in [0.717, 1.165) is 5.56 Å². The van der Waals surface area contributed by atoms with Gasteiger partial charge in [0.2, 0.25) is 0 Å². The van der Waals surface area contributed by atoms with E-state index < -0.39 is 11.9 Å². The number of carbonyl (C=O) groups excluding carboxylic acids is 2. The summed E-state index contributed by atoms with van der Waals surface area (Å²) in [6.07, 6.45) is 2.93. The van der Waals surface area contributed by atoms with Crippen LogP contribution >= 0.6 is 0 Å². The fourth-order valence-electron chi connectivity index (χ4n) is 2.02. The predicted octanol–water partition coefficient (Wildman–Crippen LogP) is 3.02. The first-order chi connectivity index (χ1) is 12.5. The minimum Gasteiger partial charge on any atom is -0.462 e. The standard InChI is InChI=1S/C19H18N4O3/c1-3-26-19(25)15-6-4-5-7-16(15)23-18(24)14(10-20)12-22-17-9-8-13(2)11-21-17/h4-9,11-12H,3H2,1-2H3,(H,21,22)(H,23,24)/b14-12-. The third-order valence-electron chi connectivity index (χ3n) is 3.31. The number of anilines is 2. The van der Waals surface area contributed by atoms with E-state index in [0.29, 0.717) is 5.82 Å². The molecule has 2 rings (SSSR count). The van der Waals surface area contributed by atoms with Gasteiger partial charge in [-0.3, -0.25) is 4.79 Å². The van der Waals surface area contributed by atoms with Crippen molar-refractivity contribution in [3.63, 3.8) is 0 Å². The van der Waals surface area contributed by atoms with Gasteiger partial charge in [-0.25, -0.2) is 9.78 Å². The summed E-state index contributed by atoms with van der Waals surface area (Å²) in [6, 6.07) is 11.8. The average Bonchev–Trinajstić information content (AvgIpc) is 2.64. The molecule has 1 amide bonds. The number of rotatable bonds is 6. The molecule has 1 aromatic carbocycles. The lowest BCUT2D eigenvalue weighted by Crippen LogP contribution is -2.17. The van der Waals surface area contributed by atoms with Crippen molar-refractivity contribution in [3.05, 3.63) is 65.5 Å². The average molecular weight is 350 g/mol. The van der Waals surface area contributed by atoms with Crippen LogP contribution in [0.1, 0.15) is 22.8 Å². The molecule has 0 aliphatic heterocycles. The molecule has 132 valence electrons. The lowest BCUT2D eigenvalue weighted by atomic mass is 10.1. The molecule has 7 nitrogen and oxygen atoms in total. The largest absolute Gasteiger partial charge is 0.462 e. The minimum atomic E-state index is -0.649. The Kier molecular flexibility index (Phi) is 6.46. The SMILES string of the molecule is CCOC(=O)c1ccccc1NC(=O)/C(C#N)=C\Nc1ccc(C)cn1. The van der Waals surface area contributed by atoms with Gasteiger partial charge in [-0.1, -0.05) is 18.2 Å². The first-order valence-corrected chi connectivity index (χ1v) is 7.92. The van der Waals surface area contributed by atoms with Crippen molar-refractivity contribution in [3.8, 4) is 6.07 Å². The monoisotopic (exact) mass is 350 g/mol. The summed E-state index contributed by atoms with van der Waals surface area (Å²) in [5.74, 6) is -0.695. The molecule has 0 aliphatic carbocycles. The molecule has 26 heavy (non-hydrogen) atoms. The normalized spacial score (nSPS) is 10.6. The molecule has 2 aromatic rings. The smallest absolute Gasteiger partial charge is 0.340 e. The van der Waals surface area contributed by atoms with Crippen molar-refractivity contribution in [1.29, 1.82) is 5.26 Å². The topological polar surface area (TPSA) is 104 Å². The highest BCUT2D eigenvalue weighted by Crippen LogP contribution is 2.17. The van der Waals surface area contributed by atoms with Gasteiger partial charge in [0, 0.05) is 12.4 Å². The Morgan fingerprint density at radius 1 is 1.27 bits per heavy atom. The molecule has 0 spiro atoms. The molecule has 0 saturated carbocycles. The van der Waals surface area contributed by atoms with Crippen LogP contribution in [0, 0.1) is 18.3 Å². The number of hydrogen-bond acceptors (Lipinski definition) is 6. The zero-order valence-corrected chi connectivity index (χ0v) is 14.4. The zero-order valence-electron chi connectivity index (χ0n) is 14.4. The molecule has 0 bridgehead atoms. The maximum atomic E-state index is 12.3. The minimum absolute atomic E-state index is 0.161. The molecule has 0 atom stereocenters. The van der Waals surface area contributed by atoms with Gasteiger partial charge in [0.05, 0.1) is 17.9 Å². The molecule has 0 saturated heterocycles. The van der Waals surface area contributed by atoms with Crippen molar-refractivity contribution < 1.29 is 14.3 Å². The first kappa shape index (κ1) is 18.7. The van der Waals surface area contributed by atoms with Gasteiger partial charge in [0.25, 0.3) is 5.91 Å². The lowest BCUT2D eigenvalue weighted by molar-refractivity contribution is -0.112. The van der Waals surface area contributed by atoms with E-state index in [1.807, 2.05) is 19.1 Å². The van der Waals surface area contributed by atoms with E-state index in [1.165, 1.54) is 12.3 Å². The molecule has 7 heteroatoms. The Balaban J connectivity index is 2.15. The van der Waals surface area contributed by atoms with Crippen LogP contribution in [-0.2, 0) is 9.53 Å². The number of benzene rings is 1. The number of aryl methyl sites for hydroxylation is 1. The molecule has 0 fully saturated rings. The van der Waals surface area contributed by atoms with E-state index >= 15 is 0 Å². The van der Waals surface area contributed by atoms with Gasteiger partial charge in [-0.15, -0.1) is 0 Å². The number of nitrogens with zero attached hydrogens (tertiary/aromatic N) is 2. The van der Waals surface area contributed by atoms with Gasteiger partial charge < -0.3 is 15.4 Å². The first-order valence-electron chi connectivity index (χ1n) is 7.92. The van der Waals surface area contributed by atoms with Crippen LogP contribution in [-0.4, -0.2) is 23.5 Å². The molecular formula is C19H18N4O3. The quantitative estimate of drug-likeness (QED) is 0.471. The molecular weight excluding hydrogens is 332 g/mol. The van der Waals surface area contributed by atoms with Crippen LogP contribution in [0.2, 0.25) is 0 Å².